The van der Waals surface area contributed by atoms with Crippen LogP contribution in [0, 0.1) is 24.8 Å². The van der Waals surface area contributed by atoms with Crippen LogP contribution in [0.3, 0.4) is 0 Å². The third kappa shape index (κ3) is 7.42. The van der Waals surface area contributed by atoms with Gasteiger partial charge in [-0.05, 0) is 72.5 Å². The molecule has 1 saturated carbocycles. The minimum atomic E-state index is 0. The monoisotopic (exact) mass is 781 g/mol. The number of rotatable bonds is 9. The number of para-hydroxylation sites is 1. The number of hydrogen-bond acceptors (Lipinski definition) is 4. The molecule has 1 radical (unpaired) electrons. The standard InChI is InChI=1S/C27H22NO.C13H24O2.Ir/c1-17-14-22-20-11-6-7-13-25(20)29-27(22)23(15-17)26-21-12-5-4-10-19(21)24(16-28-26)18-8-2-3-9-18;1-5-10(6-2)12(14)9-13(15)11(7-3)8-4;/h4-7,10-14,16,18H,2-3,8-9H2,1H3;9-11,14H,5-8H2,1-4H3;/q-1;;/b;12-9-;. The number of pyridine rings is 1. The molecule has 5 aromatic rings. The number of carbonyl (C=O) groups is 1. The molecular weight excluding hydrogens is 735 g/mol. The van der Waals surface area contributed by atoms with Crippen LogP contribution in [-0.2, 0) is 24.9 Å². The molecule has 0 unspecified atom stereocenters. The van der Waals surface area contributed by atoms with Crippen LogP contribution in [0.5, 0.6) is 0 Å². The van der Waals surface area contributed by atoms with Crippen molar-refractivity contribution in [3.63, 3.8) is 0 Å². The third-order valence-electron chi connectivity index (χ3n) is 9.48. The van der Waals surface area contributed by atoms with Crippen molar-refractivity contribution < 1.29 is 34.4 Å². The van der Waals surface area contributed by atoms with Gasteiger partial charge in [-0.2, -0.15) is 0 Å². The van der Waals surface area contributed by atoms with Gasteiger partial charge in [0.15, 0.2) is 5.78 Å². The Labute approximate surface area is 281 Å². The van der Waals surface area contributed by atoms with E-state index >= 15 is 0 Å². The Morgan fingerprint density at radius 2 is 1.51 bits per heavy atom. The number of hydrogen-bond donors (Lipinski definition) is 1. The molecule has 5 heteroatoms. The first-order valence-electron chi connectivity index (χ1n) is 16.6. The summed E-state index contributed by atoms with van der Waals surface area (Å²) in [6.45, 7) is 10.2. The summed E-state index contributed by atoms with van der Waals surface area (Å²) in [5, 5.41) is 14.6. The molecule has 0 bridgehead atoms. The molecule has 0 aliphatic heterocycles. The van der Waals surface area contributed by atoms with E-state index in [9.17, 15) is 9.90 Å². The van der Waals surface area contributed by atoms with Crippen LogP contribution in [0.25, 0.3) is 44.0 Å². The quantitative estimate of drug-likeness (QED) is 0.0919. The zero-order chi connectivity index (χ0) is 31.2. The van der Waals surface area contributed by atoms with Crippen LogP contribution in [0.15, 0.2) is 77.0 Å². The van der Waals surface area contributed by atoms with Crippen LogP contribution >= 0.6 is 0 Å². The molecule has 0 saturated heterocycles. The maximum Gasteiger partial charge on any atom is 0.162 e. The number of carbonyl (C=O) groups excluding carboxylic acids is 1. The molecule has 1 aliphatic carbocycles. The Balaban J connectivity index is 0.000000249. The van der Waals surface area contributed by atoms with Gasteiger partial charge in [-0.1, -0.05) is 101 Å². The van der Waals surface area contributed by atoms with Crippen LogP contribution < -0.4 is 0 Å². The number of aryl methyl sites for hydroxylation is 1. The number of fused-ring (bicyclic) bond motifs is 4. The van der Waals surface area contributed by atoms with E-state index in [-0.39, 0.29) is 43.5 Å². The Morgan fingerprint density at radius 1 is 0.911 bits per heavy atom. The largest absolute Gasteiger partial charge is 0.512 e. The summed E-state index contributed by atoms with van der Waals surface area (Å²) in [7, 11) is 0. The maximum absolute atomic E-state index is 11.7. The maximum atomic E-state index is 11.7. The third-order valence-corrected chi connectivity index (χ3v) is 9.48. The SMILES string of the molecule is CCC(CC)C(=O)/C=C(\O)C(CC)CC.Cc1[c-]c(-c2ncc(C3CCCC3)c3ccccc23)c2oc3ccccc3c2c1.[Ir]. The van der Waals surface area contributed by atoms with Gasteiger partial charge in [0.2, 0.25) is 0 Å². The first-order chi connectivity index (χ1) is 21.4. The fourth-order valence-corrected chi connectivity index (χ4v) is 6.82. The minimum Gasteiger partial charge on any atom is -0.512 e. The summed E-state index contributed by atoms with van der Waals surface area (Å²) in [5.41, 5.74) is 6.22. The summed E-state index contributed by atoms with van der Waals surface area (Å²) >= 11 is 0. The van der Waals surface area contributed by atoms with Crippen LogP contribution in [-0.4, -0.2) is 15.9 Å². The number of aliphatic hydroxyl groups is 1. The van der Waals surface area contributed by atoms with Gasteiger partial charge in [-0.15, -0.1) is 17.7 Å². The Hall–Kier alpha value is -3.27. The summed E-state index contributed by atoms with van der Waals surface area (Å²) < 4.78 is 6.30. The van der Waals surface area contributed by atoms with Gasteiger partial charge >= 0.3 is 0 Å². The van der Waals surface area contributed by atoms with E-state index in [2.05, 4.69) is 61.7 Å². The number of aliphatic hydroxyl groups excluding tert-OH is 1. The van der Waals surface area contributed by atoms with Crippen LogP contribution in [0.4, 0.5) is 0 Å². The number of aromatic nitrogens is 1. The molecule has 4 nitrogen and oxygen atoms in total. The van der Waals surface area contributed by atoms with Crippen molar-refractivity contribution in [2.45, 2.75) is 91.9 Å². The molecule has 2 aromatic heterocycles. The molecule has 0 amide bonds. The summed E-state index contributed by atoms with van der Waals surface area (Å²) in [5.74, 6) is 1.18. The first-order valence-corrected chi connectivity index (χ1v) is 16.6. The number of allylic oxidation sites excluding steroid dienone is 2. The zero-order valence-corrected chi connectivity index (χ0v) is 29.7. The second kappa shape index (κ2) is 15.8. The predicted molar refractivity (Wildman–Crippen MR) is 183 cm³/mol. The Bertz CT molecular complexity index is 1770. The van der Waals surface area contributed by atoms with E-state index in [1.807, 2.05) is 39.8 Å². The predicted octanol–water partition coefficient (Wildman–Crippen LogP) is 11.4. The van der Waals surface area contributed by atoms with Crippen molar-refractivity contribution in [2.24, 2.45) is 11.8 Å². The molecule has 3 aromatic carbocycles. The smallest absolute Gasteiger partial charge is 0.162 e. The van der Waals surface area contributed by atoms with Gasteiger partial charge < -0.3 is 14.5 Å². The molecule has 0 atom stereocenters. The molecule has 2 heterocycles. The fourth-order valence-electron chi connectivity index (χ4n) is 6.82. The summed E-state index contributed by atoms with van der Waals surface area (Å²) in [6, 6.07) is 22.6. The zero-order valence-electron chi connectivity index (χ0n) is 27.3. The molecule has 1 aliphatic rings. The normalized spacial score (nSPS) is 13.9. The second-order valence-corrected chi connectivity index (χ2v) is 12.3. The van der Waals surface area contributed by atoms with Crippen molar-refractivity contribution in [2.75, 3.05) is 0 Å². The van der Waals surface area contributed by atoms with Crippen molar-refractivity contribution >= 4 is 38.5 Å². The van der Waals surface area contributed by atoms with Crippen LogP contribution in [0.2, 0.25) is 0 Å². The van der Waals surface area contributed by atoms with E-state index < -0.39 is 0 Å². The molecule has 45 heavy (non-hydrogen) atoms. The fraction of sp³-hybridized carbons (Fsp3) is 0.400. The Kier molecular flexibility index (Phi) is 12.2. The average molecular weight is 781 g/mol. The van der Waals surface area contributed by atoms with Crippen molar-refractivity contribution in [1.29, 1.82) is 0 Å². The van der Waals surface area contributed by atoms with E-state index in [1.165, 1.54) is 48.1 Å². The number of furan rings is 1. The van der Waals surface area contributed by atoms with E-state index in [1.54, 1.807) is 0 Å². The number of nitrogens with zero attached hydrogens (tertiary/aromatic N) is 1. The van der Waals surface area contributed by atoms with Gasteiger partial charge in [0, 0.05) is 49.6 Å². The first kappa shape index (κ1) is 34.6. The van der Waals surface area contributed by atoms with Crippen molar-refractivity contribution in [3.8, 4) is 11.3 Å². The Morgan fingerprint density at radius 3 is 2.16 bits per heavy atom. The number of ketones is 1. The minimum absolute atomic E-state index is 0. The van der Waals surface area contributed by atoms with E-state index in [4.69, 9.17) is 9.40 Å². The van der Waals surface area contributed by atoms with Gasteiger partial charge in [-0.3, -0.25) is 4.79 Å². The van der Waals surface area contributed by atoms with Gasteiger partial charge in [-0.25, -0.2) is 0 Å². The van der Waals surface area contributed by atoms with Gasteiger partial charge in [0.1, 0.15) is 5.58 Å². The summed E-state index contributed by atoms with van der Waals surface area (Å²) in [4.78, 5) is 16.7. The van der Waals surface area contributed by atoms with Crippen molar-refractivity contribution in [1.82, 2.24) is 4.98 Å². The molecule has 1 fully saturated rings. The van der Waals surface area contributed by atoms with Gasteiger partial charge in [0.05, 0.1) is 11.3 Å². The average Bonchev–Trinajstić information content (AvgIpc) is 3.70. The molecule has 1 N–H and O–H groups in total. The summed E-state index contributed by atoms with van der Waals surface area (Å²) in [6.07, 6.45) is 12.2. The van der Waals surface area contributed by atoms with Crippen LogP contribution in [0.1, 0.15) is 96.1 Å². The topological polar surface area (TPSA) is 63.3 Å². The number of benzene rings is 3. The molecule has 0 spiro atoms. The van der Waals surface area contributed by atoms with E-state index in [0.29, 0.717) is 5.92 Å². The molecule has 6 rings (SSSR count). The molecule has 239 valence electrons. The second-order valence-electron chi connectivity index (χ2n) is 12.3. The molecular formula is C40H46IrNO3-. The van der Waals surface area contributed by atoms with Crippen molar-refractivity contribution in [3.05, 3.63) is 89.8 Å². The van der Waals surface area contributed by atoms with Gasteiger partial charge in [0.25, 0.3) is 0 Å². The van der Waals surface area contributed by atoms with E-state index in [0.717, 1.165) is 64.4 Å².